The third kappa shape index (κ3) is 3.46. The van der Waals surface area contributed by atoms with Gasteiger partial charge in [0.25, 0.3) is 0 Å². The quantitative estimate of drug-likeness (QED) is 0.877. The van der Waals surface area contributed by atoms with E-state index < -0.39 is 10.0 Å². The van der Waals surface area contributed by atoms with E-state index in [1.165, 1.54) is 12.1 Å². The zero-order valence-electron chi connectivity index (χ0n) is 11.2. The highest BCUT2D eigenvalue weighted by molar-refractivity contribution is 7.89. The smallest absolute Gasteiger partial charge is 0.238 e. The van der Waals surface area contributed by atoms with Crippen LogP contribution in [0.1, 0.15) is 13.8 Å². The summed E-state index contributed by atoms with van der Waals surface area (Å²) in [5.74, 6) is 1.42. The normalized spacial score (nSPS) is 23.9. The Kier molecular flexibility index (Phi) is 4.13. The van der Waals surface area contributed by atoms with E-state index in [1.54, 1.807) is 12.1 Å². The van der Waals surface area contributed by atoms with Gasteiger partial charge in [0, 0.05) is 19.1 Å². The minimum atomic E-state index is -3.63. The fraction of sp³-hybridized carbons (Fsp3) is 0.538. The summed E-state index contributed by atoms with van der Waals surface area (Å²) in [4.78, 5) is 2.47. The molecule has 106 valence electrons. The summed E-state index contributed by atoms with van der Waals surface area (Å²) in [5, 5.41) is 5.03. The molecule has 0 saturated carbocycles. The molecule has 0 bridgehead atoms. The first kappa shape index (κ1) is 14.3. The van der Waals surface area contributed by atoms with Gasteiger partial charge in [0.2, 0.25) is 10.0 Å². The van der Waals surface area contributed by atoms with E-state index in [2.05, 4.69) is 18.7 Å². The standard InChI is InChI=1S/C13H20N2O3S/c1-10-9-15(11(10)2)7-8-18-12-3-5-13(6-4-12)19(14,16)17/h3-6,10-11H,7-9H2,1-2H3,(H2,14,16,17)/t10-,11+/m1/s1. The highest BCUT2D eigenvalue weighted by Gasteiger charge is 2.30. The Bertz CT molecular complexity index is 527. The molecule has 0 spiro atoms. The van der Waals surface area contributed by atoms with Gasteiger partial charge in [-0.1, -0.05) is 6.92 Å². The molecular weight excluding hydrogens is 264 g/mol. The Hall–Kier alpha value is -1.11. The molecule has 1 aromatic rings. The molecule has 19 heavy (non-hydrogen) atoms. The van der Waals surface area contributed by atoms with Crippen LogP contribution in [0, 0.1) is 5.92 Å². The van der Waals surface area contributed by atoms with Crippen molar-refractivity contribution in [2.24, 2.45) is 11.1 Å². The Morgan fingerprint density at radius 1 is 1.32 bits per heavy atom. The molecule has 0 aromatic heterocycles. The molecule has 0 aliphatic carbocycles. The van der Waals surface area contributed by atoms with Gasteiger partial charge in [0.05, 0.1) is 4.90 Å². The van der Waals surface area contributed by atoms with Crippen LogP contribution in [0.4, 0.5) is 0 Å². The number of hydrogen-bond acceptors (Lipinski definition) is 4. The van der Waals surface area contributed by atoms with Crippen LogP contribution in [0.5, 0.6) is 5.75 Å². The highest BCUT2D eigenvalue weighted by Crippen LogP contribution is 2.23. The lowest BCUT2D eigenvalue weighted by Gasteiger charge is -2.44. The number of primary sulfonamides is 1. The van der Waals surface area contributed by atoms with Crippen molar-refractivity contribution >= 4 is 10.0 Å². The molecule has 1 aliphatic heterocycles. The number of sulfonamides is 1. The van der Waals surface area contributed by atoms with E-state index in [4.69, 9.17) is 9.88 Å². The van der Waals surface area contributed by atoms with Crippen LogP contribution in [-0.2, 0) is 10.0 Å². The summed E-state index contributed by atoms with van der Waals surface area (Å²) in [5.41, 5.74) is 0. The van der Waals surface area contributed by atoms with Gasteiger partial charge in [-0.25, -0.2) is 13.6 Å². The van der Waals surface area contributed by atoms with E-state index >= 15 is 0 Å². The molecule has 0 amide bonds. The number of nitrogens with zero attached hydrogens (tertiary/aromatic N) is 1. The first-order valence-electron chi connectivity index (χ1n) is 6.37. The topological polar surface area (TPSA) is 72.6 Å². The van der Waals surface area contributed by atoms with Crippen molar-refractivity contribution in [1.82, 2.24) is 4.90 Å². The number of nitrogens with two attached hydrogens (primary N) is 1. The fourth-order valence-electron chi connectivity index (χ4n) is 2.21. The Morgan fingerprint density at radius 2 is 1.95 bits per heavy atom. The molecule has 0 unspecified atom stereocenters. The lowest BCUT2D eigenvalue weighted by Crippen LogP contribution is -2.54. The number of ether oxygens (including phenoxy) is 1. The molecule has 2 N–H and O–H groups in total. The third-order valence-corrected chi connectivity index (χ3v) is 4.65. The van der Waals surface area contributed by atoms with Crippen LogP contribution >= 0.6 is 0 Å². The van der Waals surface area contributed by atoms with Gasteiger partial charge >= 0.3 is 0 Å². The zero-order chi connectivity index (χ0) is 14.0. The van der Waals surface area contributed by atoms with Gasteiger partial charge in [-0.3, -0.25) is 4.90 Å². The summed E-state index contributed by atoms with van der Waals surface area (Å²) in [6, 6.07) is 6.79. The van der Waals surface area contributed by atoms with Gasteiger partial charge < -0.3 is 4.74 Å². The van der Waals surface area contributed by atoms with Crippen LogP contribution in [0.15, 0.2) is 29.2 Å². The van der Waals surface area contributed by atoms with Crippen molar-refractivity contribution in [2.75, 3.05) is 19.7 Å². The molecule has 1 saturated heterocycles. The van der Waals surface area contributed by atoms with Crippen LogP contribution in [0.2, 0.25) is 0 Å². The minimum Gasteiger partial charge on any atom is -0.492 e. The molecule has 0 radical (unpaired) electrons. The monoisotopic (exact) mass is 284 g/mol. The van der Waals surface area contributed by atoms with Crippen molar-refractivity contribution in [3.8, 4) is 5.75 Å². The van der Waals surface area contributed by atoms with E-state index in [1.807, 2.05) is 0 Å². The van der Waals surface area contributed by atoms with Crippen molar-refractivity contribution in [1.29, 1.82) is 0 Å². The molecule has 1 aliphatic rings. The SMILES string of the molecule is C[C@@H]1CN(CCOc2ccc(S(N)(=O)=O)cc2)[C@H]1C. The zero-order valence-corrected chi connectivity index (χ0v) is 12.1. The average molecular weight is 284 g/mol. The Morgan fingerprint density at radius 3 is 2.42 bits per heavy atom. The third-order valence-electron chi connectivity index (χ3n) is 3.72. The first-order valence-corrected chi connectivity index (χ1v) is 7.92. The summed E-state index contributed by atoms with van der Waals surface area (Å²) in [7, 11) is -3.63. The molecule has 1 aromatic carbocycles. The Labute approximate surface area is 114 Å². The van der Waals surface area contributed by atoms with Crippen LogP contribution in [0.3, 0.4) is 0 Å². The summed E-state index contributed by atoms with van der Waals surface area (Å²) >= 11 is 0. The number of likely N-dealkylation sites (tertiary alicyclic amines) is 1. The van der Waals surface area contributed by atoms with Gasteiger partial charge in [-0.05, 0) is 37.1 Å². The van der Waals surface area contributed by atoms with Gasteiger partial charge in [-0.2, -0.15) is 0 Å². The highest BCUT2D eigenvalue weighted by atomic mass is 32.2. The van der Waals surface area contributed by atoms with Crippen LogP contribution < -0.4 is 9.88 Å². The maximum Gasteiger partial charge on any atom is 0.238 e. The van der Waals surface area contributed by atoms with Crippen molar-refractivity contribution in [3.63, 3.8) is 0 Å². The second kappa shape index (κ2) is 5.48. The lowest BCUT2D eigenvalue weighted by atomic mass is 9.92. The first-order chi connectivity index (χ1) is 8.88. The number of hydrogen-bond donors (Lipinski definition) is 1. The molecule has 2 rings (SSSR count). The molecule has 5 nitrogen and oxygen atoms in total. The molecule has 2 atom stereocenters. The summed E-state index contributed by atoms with van der Waals surface area (Å²) < 4.78 is 27.8. The summed E-state index contributed by atoms with van der Waals surface area (Å²) in [6.07, 6.45) is 0. The minimum absolute atomic E-state index is 0.102. The van der Waals surface area contributed by atoms with Gasteiger partial charge in [0.15, 0.2) is 0 Å². The largest absolute Gasteiger partial charge is 0.492 e. The average Bonchev–Trinajstić information content (AvgIpc) is 2.37. The van der Waals surface area contributed by atoms with Crippen molar-refractivity contribution in [2.45, 2.75) is 24.8 Å². The van der Waals surface area contributed by atoms with Crippen LogP contribution in [0.25, 0.3) is 0 Å². The molecule has 1 heterocycles. The van der Waals surface area contributed by atoms with Crippen LogP contribution in [-0.4, -0.2) is 39.1 Å². The predicted octanol–water partition coefficient (Wildman–Crippen LogP) is 1.05. The molecule has 6 heteroatoms. The summed E-state index contributed by atoms with van der Waals surface area (Å²) in [6.45, 7) is 7.08. The Balaban J connectivity index is 1.81. The number of benzene rings is 1. The fourth-order valence-corrected chi connectivity index (χ4v) is 2.73. The van der Waals surface area contributed by atoms with E-state index in [-0.39, 0.29) is 4.90 Å². The molecule has 1 fully saturated rings. The van der Waals surface area contributed by atoms with Gasteiger partial charge in [-0.15, -0.1) is 0 Å². The second-order valence-corrected chi connectivity index (χ2v) is 6.64. The van der Waals surface area contributed by atoms with Crippen molar-refractivity contribution in [3.05, 3.63) is 24.3 Å². The van der Waals surface area contributed by atoms with E-state index in [9.17, 15) is 8.42 Å². The van der Waals surface area contributed by atoms with Gasteiger partial charge in [0.1, 0.15) is 12.4 Å². The lowest BCUT2D eigenvalue weighted by molar-refractivity contribution is 0.0269. The maximum atomic E-state index is 11.1. The van der Waals surface area contributed by atoms with E-state index in [0.717, 1.165) is 19.0 Å². The van der Waals surface area contributed by atoms with Crippen molar-refractivity contribution < 1.29 is 13.2 Å². The molecular formula is C13H20N2O3S. The second-order valence-electron chi connectivity index (χ2n) is 5.08. The maximum absolute atomic E-state index is 11.1. The number of rotatable bonds is 5. The van der Waals surface area contributed by atoms with E-state index in [0.29, 0.717) is 18.4 Å². The predicted molar refractivity (Wildman–Crippen MR) is 73.5 cm³/mol.